The van der Waals surface area contributed by atoms with Gasteiger partial charge >= 0.3 is 6.09 Å². The van der Waals surface area contributed by atoms with E-state index in [-0.39, 0.29) is 18.1 Å². The van der Waals surface area contributed by atoms with Crippen molar-refractivity contribution in [2.45, 2.75) is 30.9 Å². The first-order valence-corrected chi connectivity index (χ1v) is 10.2. The Morgan fingerprint density at radius 3 is 2.29 bits per heavy atom. The largest absolute Gasteiger partial charge is 0.448 e. The van der Waals surface area contributed by atoms with E-state index in [0.29, 0.717) is 19.2 Å². The summed E-state index contributed by atoms with van der Waals surface area (Å²) in [6.07, 6.45) is 1.65. The summed E-state index contributed by atoms with van der Waals surface area (Å²) in [5, 5.41) is 9.54. The zero-order valence-corrected chi connectivity index (χ0v) is 16.0. The molecule has 2 heterocycles. The molecule has 2 aliphatic heterocycles. The maximum Gasteiger partial charge on any atom is 0.409 e. The number of rotatable bonds is 3. The van der Waals surface area contributed by atoms with Crippen molar-refractivity contribution in [1.82, 2.24) is 9.80 Å². The highest BCUT2D eigenvalue weighted by atomic mass is 16.6. The van der Waals surface area contributed by atoms with Crippen molar-refractivity contribution in [1.29, 1.82) is 0 Å². The Hall–Kier alpha value is -2.37. The lowest BCUT2D eigenvalue weighted by Gasteiger charge is -2.45. The zero-order chi connectivity index (χ0) is 19.1. The van der Waals surface area contributed by atoms with Gasteiger partial charge in [-0.3, -0.25) is 4.90 Å². The van der Waals surface area contributed by atoms with Crippen LogP contribution in [0.3, 0.4) is 0 Å². The summed E-state index contributed by atoms with van der Waals surface area (Å²) in [4.78, 5) is 16.9. The number of hydrogen-bond donors (Lipinski definition) is 1. The third-order valence-corrected chi connectivity index (χ3v) is 6.40. The monoisotopic (exact) mass is 378 g/mol. The molecule has 5 heteroatoms. The van der Waals surface area contributed by atoms with Crippen molar-refractivity contribution in [2.24, 2.45) is 0 Å². The number of likely N-dealkylation sites (tertiary alicyclic amines) is 2. The van der Waals surface area contributed by atoms with Crippen LogP contribution in [0.1, 0.15) is 29.9 Å². The van der Waals surface area contributed by atoms with Crippen LogP contribution in [-0.4, -0.2) is 65.9 Å². The Morgan fingerprint density at radius 2 is 1.64 bits per heavy atom. The summed E-state index contributed by atoms with van der Waals surface area (Å²) in [5.41, 5.74) is 4.97. The second kappa shape index (κ2) is 7.22. The molecule has 0 spiro atoms. The van der Waals surface area contributed by atoms with Crippen LogP contribution in [0.5, 0.6) is 0 Å². The number of fused-ring (bicyclic) bond motifs is 3. The maximum absolute atomic E-state index is 12.8. The van der Waals surface area contributed by atoms with E-state index < -0.39 is 0 Å². The summed E-state index contributed by atoms with van der Waals surface area (Å²) in [6.45, 7) is 3.27. The average Bonchev–Trinajstić information content (AvgIpc) is 3.04. The van der Waals surface area contributed by atoms with Gasteiger partial charge in [-0.15, -0.1) is 0 Å². The molecule has 28 heavy (non-hydrogen) atoms. The van der Waals surface area contributed by atoms with Gasteiger partial charge in [0.15, 0.2) is 0 Å². The lowest BCUT2D eigenvalue weighted by Crippen LogP contribution is -2.60. The van der Waals surface area contributed by atoms with Crippen molar-refractivity contribution >= 4 is 6.09 Å². The second-order valence-electron chi connectivity index (χ2n) is 8.15. The van der Waals surface area contributed by atoms with Gasteiger partial charge in [-0.2, -0.15) is 0 Å². The van der Waals surface area contributed by atoms with E-state index in [9.17, 15) is 9.90 Å². The van der Waals surface area contributed by atoms with Crippen LogP contribution in [0.25, 0.3) is 11.1 Å². The molecule has 1 N–H and O–H groups in total. The predicted octanol–water partition coefficient (Wildman–Crippen LogP) is 3.08. The molecular weight excluding hydrogens is 352 g/mol. The van der Waals surface area contributed by atoms with Gasteiger partial charge in [0.05, 0.1) is 6.10 Å². The molecule has 0 bridgehead atoms. The molecule has 1 atom stereocenters. The molecule has 3 aliphatic rings. The average molecular weight is 378 g/mol. The first-order valence-electron chi connectivity index (χ1n) is 10.2. The standard InChI is InChI=1S/C23H26N2O3/c26-17-13-25(14-17)16-6-5-11-24(12-16)23(27)28-15-22-20-9-3-1-7-18(20)19-8-2-4-10-21(19)22/h1-4,7-10,16-17,22,26H,5-6,11-15H2. The zero-order valence-electron chi connectivity index (χ0n) is 16.0. The number of aliphatic hydroxyl groups excluding tert-OH is 1. The van der Waals surface area contributed by atoms with Crippen molar-refractivity contribution < 1.29 is 14.6 Å². The number of carbonyl (C=O) groups is 1. The summed E-state index contributed by atoms with van der Waals surface area (Å²) in [7, 11) is 0. The molecule has 5 nitrogen and oxygen atoms in total. The molecule has 2 aromatic rings. The highest BCUT2D eigenvalue weighted by Crippen LogP contribution is 2.44. The number of aliphatic hydroxyl groups is 1. The van der Waals surface area contributed by atoms with E-state index >= 15 is 0 Å². The molecule has 2 fully saturated rings. The number of ether oxygens (including phenoxy) is 1. The summed E-state index contributed by atoms with van der Waals surface area (Å²) in [5.74, 6) is 0.0995. The van der Waals surface area contributed by atoms with Crippen LogP contribution in [0.2, 0.25) is 0 Å². The Labute approximate surface area is 165 Å². The molecular formula is C23H26N2O3. The molecule has 146 valence electrons. The lowest BCUT2D eigenvalue weighted by atomic mass is 9.98. The molecule has 0 radical (unpaired) electrons. The quantitative estimate of drug-likeness (QED) is 0.892. The van der Waals surface area contributed by atoms with Gasteiger partial charge in [0.25, 0.3) is 0 Å². The summed E-state index contributed by atoms with van der Waals surface area (Å²) >= 11 is 0. The molecule has 0 aromatic heterocycles. The van der Waals surface area contributed by atoms with Crippen LogP contribution in [0, 0.1) is 0 Å². The van der Waals surface area contributed by atoms with Gasteiger partial charge in [0.1, 0.15) is 6.61 Å². The highest BCUT2D eigenvalue weighted by molar-refractivity contribution is 5.79. The van der Waals surface area contributed by atoms with Crippen molar-refractivity contribution in [3.63, 3.8) is 0 Å². The smallest absolute Gasteiger partial charge is 0.409 e. The van der Waals surface area contributed by atoms with Crippen LogP contribution in [0.15, 0.2) is 48.5 Å². The lowest BCUT2D eigenvalue weighted by molar-refractivity contribution is -0.0418. The molecule has 1 unspecified atom stereocenters. The fourth-order valence-electron chi connectivity index (χ4n) is 4.89. The van der Waals surface area contributed by atoms with E-state index in [4.69, 9.17) is 4.74 Å². The number of hydrogen-bond acceptors (Lipinski definition) is 4. The maximum atomic E-state index is 12.8. The second-order valence-corrected chi connectivity index (χ2v) is 8.15. The summed E-state index contributed by atoms with van der Waals surface area (Å²) in [6, 6.07) is 17.1. The number of carbonyl (C=O) groups excluding carboxylic acids is 1. The highest BCUT2D eigenvalue weighted by Gasteiger charge is 2.35. The van der Waals surface area contributed by atoms with E-state index in [2.05, 4.69) is 53.4 Å². The minimum Gasteiger partial charge on any atom is -0.448 e. The number of amides is 1. The van der Waals surface area contributed by atoms with E-state index in [1.165, 1.54) is 22.3 Å². The fraction of sp³-hybridized carbons (Fsp3) is 0.435. The van der Waals surface area contributed by atoms with Crippen LogP contribution in [0.4, 0.5) is 4.79 Å². The first kappa shape index (κ1) is 17.7. The molecule has 1 aliphatic carbocycles. The third-order valence-electron chi connectivity index (χ3n) is 6.40. The molecule has 0 saturated carbocycles. The molecule has 1 amide bonds. The molecule has 2 saturated heterocycles. The van der Waals surface area contributed by atoms with Gasteiger partial charge in [-0.1, -0.05) is 48.5 Å². The third kappa shape index (κ3) is 3.09. The number of nitrogens with zero attached hydrogens (tertiary/aromatic N) is 2. The van der Waals surface area contributed by atoms with Crippen LogP contribution < -0.4 is 0 Å². The van der Waals surface area contributed by atoms with Gasteiger partial charge in [0.2, 0.25) is 0 Å². The number of β-amino-alcohol motifs (C(OH)–C–C–N with tert-alkyl or cyclic N) is 1. The molecule has 2 aromatic carbocycles. The normalized spacial score (nSPS) is 22.5. The van der Waals surface area contributed by atoms with Crippen molar-refractivity contribution in [3.8, 4) is 11.1 Å². The van der Waals surface area contributed by atoms with Gasteiger partial charge in [-0.05, 0) is 35.1 Å². The van der Waals surface area contributed by atoms with Crippen molar-refractivity contribution in [2.75, 3.05) is 32.8 Å². The topological polar surface area (TPSA) is 53.0 Å². The minimum absolute atomic E-state index is 0.0995. The Balaban J connectivity index is 1.25. The first-order chi connectivity index (χ1) is 13.7. The molecule has 5 rings (SSSR count). The Bertz CT molecular complexity index is 832. The number of benzene rings is 2. The van der Waals surface area contributed by atoms with E-state index in [0.717, 1.165) is 32.5 Å². The Kier molecular flexibility index (Phi) is 4.57. The van der Waals surface area contributed by atoms with Crippen LogP contribution in [-0.2, 0) is 4.74 Å². The predicted molar refractivity (Wildman–Crippen MR) is 107 cm³/mol. The summed E-state index contributed by atoms with van der Waals surface area (Å²) < 4.78 is 5.80. The van der Waals surface area contributed by atoms with E-state index in [1.807, 2.05) is 4.90 Å². The van der Waals surface area contributed by atoms with Gasteiger partial charge in [-0.25, -0.2) is 4.79 Å². The van der Waals surface area contributed by atoms with Crippen molar-refractivity contribution in [3.05, 3.63) is 59.7 Å². The van der Waals surface area contributed by atoms with Gasteiger partial charge < -0.3 is 14.7 Å². The van der Waals surface area contributed by atoms with Crippen LogP contribution >= 0.6 is 0 Å². The minimum atomic E-state index is -0.215. The van der Waals surface area contributed by atoms with E-state index in [1.54, 1.807) is 0 Å². The Morgan fingerprint density at radius 1 is 1.00 bits per heavy atom. The SMILES string of the molecule is O=C(OCC1c2ccccc2-c2ccccc21)N1CCCC(N2CC(O)C2)C1. The fourth-order valence-corrected chi connectivity index (χ4v) is 4.89. The van der Waals surface area contributed by atoms with Gasteiger partial charge in [0, 0.05) is 38.1 Å². The number of piperidine rings is 1.